The Morgan fingerprint density at radius 1 is 0.359 bits per heavy atom. The van der Waals surface area contributed by atoms with Crippen LogP contribution in [-0.2, 0) is 53.4 Å². The molecule has 0 aromatic heterocycles. The normalized spacial score (nSPS) is 21.9. The molecule has 2 aliphatic heterocycles. The topological polar surface area (TPSA) is 73.8 Å². The first-order valence-electron chi connectivity index (χ1n) is 23.1. The molecule has 0 N–H and O–H groups in total. The zero-order chi connectivity index (χ0) is 47.3. The Bertz CT molecular complexity index is 2080. The van der Waals surface area contributed by atoms with Gasteiger partial charge in [0.1, 0.15) is 47.4 Å². The number of benzene rings is 4. The second kappa shape index (κ2) is 16.4. The van der Waals surface area contributed by atoms with Crippen LogP contribution in [0.2, 0.25) is 0 Å². The molecule has 0 amide bonds. The van der Waals surface area contributed by atoms with Crippen molar-refractivity contribution in [3.8, 4) is 23.0 Å². The van der Waals surface area contributed by atoms with Gasteiger partial charge in [0.05, 0.1) is 28.4 Å². The van der Waals surface area contributed by atoms with Crippen LogP contribution in [0.15, 0.2) is 48.5 Å². The standard InChI is InChI=1S/C56H76O8/c1-51(2,3)35-23-31-21-32-24-36(52(4,5)6)29-41(44(32)58-18)49-50(64-56(15,16)63-49)42-30-38(54(10,11)12)26-34(46(42)60-20)22-33-25-37(53(7,8)9)28-40(45(33)59-19)48-47(61-55(13,14)62-48)39(27-35)43(31)57-17/h23-30,47-50H,21-22H2,1-20H3/t47-,48-,49+,50+. The molecule has 4 aromatic rings. The molecular formula is C56H76O8. The van der Waals surface area contributed by atoms with Crippen LogP contribution in [-0.4, -0.2) is 40.0 Å². The highest BCUT2D eigenvalue weighted by Gasteiger charge is 2.49. The van der Waals surface area contributed by atoms with Crippen molar-refractivity contribution in [3.63, 3.8) is 0 Å². The minimum atomic E-state index is -0.927. The molecule has 2 saturated heterocycles. The molecule has 4 aromatic carbocycles. The summed E-state index contributed by atoms with van der Waals surface area (Å²) in [6.07, 6.45) is -1.14. The number of fused-ring (bicyclic) bond motifs is 14. The highest BCUT2D eigenvalue weighted by atomic mass is 16.8. The van der Waals surface area contributed by atoms with E-state index in [1.165, 1.54) is 0 Å². The Labute approximate surface area is 384 Å². The molecule has 7 rings (SSSR count). The predicted molar refractivity (Wildman–Crippen MR) is 256 cm³/mol. The van der Waals surface area contributed by atoms with Gasteiger partial charge in [-0.15, -0.1) is 0 Å². The summed E-state index contributed by atoms with van der Waals surface area (Å²) < 4.78 is 54.5. The quantitative estimate of drug-likeness (QED) is 0.201. The maximum atomic E-state index is 7.08. The highest BCUT2D eigenvalue weighted by Crippen LogP contribution is 2.57. The summed E-state index contributed by atoms with van der Waals surface area (Å²) >= 11 is 0. The maximum absolute atomic E-state index is 7.08. The minimum Gasteiger partial charge on any atom is -0.496 e. The molecule has 3 aliphatic rings. The Balaban J connectivity index is 1.67. The van der Waals surface area contributed by atoms with Crippen LogP contribution in [0, 0.1) is 0 Å². The zero-order valence-electron chi connectivity index (χ0n) is 42.6. The Kier molecular flexibility index (Phi) is 12.2. The average molecular weight is 877 g/mol. The summed E-state index contributed by atoms with van der Waals surface area (Å²) in [6.45, 7) is 35.0. The van der Waals surface area contributed by atoms with E-state index in [9.17, 15) is 0 Å². The van der Waals surface area contributed by atoms with Gasteiger partial charge in [0, 0.05) is 35.1 Å². The number of hydrogen-bond acceptors (Lipinski definition) is 8. The molecule has 0 radical (unpaired) electrons. The van der Waals surface area contributed by atoms with Crippen molar-refractivity contribution in [1.29, 1.82) is 0 Å². The van der Waals surface area contributed by atoms with Gasteiger partial charge in [-0.3, -0.25) is 0 Å². The van der Waals surface area contributed by atoms with Crippen molar-refractivity contribution >= 4 is 0 Å². The molecule has 1 aliphatic carbocycles. The first-order chi connectivity index (χ1) is 29.5. The molecule has 64 heavy (non-hydrogen) atoms. The second-order valence-corrected chi connectivity index (χ2v) is 23.3. The van der Waals surface area contributed by atoms with Crippen molar-refractivity contribution in [2.24, 2.45) is 0 Å². The summed E-state index contributed by atoms with van der Waals surface area (Å²) in [5.74, 6) is 1.18. The van der Waals surface area contributed by atoms with Crippen LogP contribution < -0.4 is 18.9 Å². The van der Waals surface area contributed by atoms with E-state index in [2.05, 4.69) is 132 Å². The maximum Gasteiger partial charge on any atom is 0.164 e. The fourth-order valence-electron chi connectivity index (χ4n) is 9.79. The number of methoxy groups -OCH3 is 4. The molecule has 2 heterocycles. The SMILES string of the molecule is COc1c2cc(C(C)(C)C)cc1[C@H]1OC(C)(C)O[C@@H]1c1cc(C(C)(C)C)cc(c1OC)Cc1cc(C(C)(C)C)cc(c1OC)[C@@H]1OC(C)(C)O[C@H]1c1cc(C(C)(C)C)cc(c1OC)C2. The molecular weight excluding hydrogens is 801 g/mol. The lowest BCUT2D eigenvalue weighted by Gasteiger charge is -2.31. The van der Waals surface area contributed by atoms with Crippen LogP contribution in [0.5, 0.6) is 23.0 Å². The first kappa shape index (κ1) is 47.9. The van der Waals surface area contributed by atoms with E-state index in [4.69, 9.17) is 37.9 Å². The van der Waals surface area contributed by atoms with E-state index < -0.39 is 36.0 Å². The van der Waals surface area contributed by atoms with Gasteiger partial charge < -0.3 is 37.9 Å². The van der Waals surface area contributed by atoms with E-state index in [1.54, 1.807) is 28.4 Å². The van der Waals surface area contributed by atoms with Gasteiger partial charge in [-0.2, -0.15) is 0 Å². The Morgan fingerprint density at radius 2 is 0.547 bits per heavy atom. The second-order valence-electron chi connectivity index (χ2n) is 23.3. The lowest BCUT2D eigenvalue weighted by Crippen LogP contribution is -2.20. The van der Waals surface area contributed by atoms with Crippen LogP contribution in [0.4, 0.5) is 0 Å². The smallest absolute Gasteiger partial charge is 0.164 e. The van der Waals surface area contributed by atoms with Gasteiger partial charge in [-0.1, -0.05) is 107 Å². The van der Waals surface area contributed by atoms with Crippen molar-refractivity contribution in [3.05, 3.63) is 115 Å². The van der Waals surface area contributed by atoms with Crippen LogP contribution in [0.25, 0.3) is 0 Å². The van der Waals surface area contributed by atoms with Gasteiger partial charge in [0.25, 0.3) is 0 Å². The van der Waals surface area contributed by atoms with Gasteiger partial charge in [-0.05, 0) is 118 Å². The molecule has 4 atom stereocenters. The van der Waals surface area contributed by atoms with Crippen LogP contribution in [0.3, 0.4) is 0 Å². The zero-order valence-corrected chi connectivity index (χ0v) is 42.6. The summed E-state index contributed by atoms with van der Waals surface area (Å²) in [6, 6.07) is 18.2. The molecule has 8 nitrogen and oxygen atoms in total. The van der Waals surface area contributed by atoms with Gasteiger partial charge in [0.15, 0.2) is 11.6 Å². The van der Waals surface area contributed by atoms with E-state index in [1.807, 2.05) is 27.7 Å². The summed E-state index contributed by atoms with van der Waals surface area (Å²) in [4.78, 5) is 0. The van der Waals surface area contributed by atoms with Crippen LogP contribution >= 0.6 is 0 Å². The Hall–Kier alpha value is -4.08. The molecule has 2 fully saturated rings. The fraction of sp³-hybridized carbons (Fsp3) is 0.571. The molecule has 0 saturated carbocycles. The number of ether oxygens (including phenoxy) is 8. The van der Waals surface area contributed by atoms with Gasteiger partial charge in [-0.25, -0.2) is 0 Å². The molecule has 8 bridgehead atoms. The summed E-state index contributed by atoms with van der Waals surface area (Å²) in [5, 5.41) is 0. The lowest BCUT2D eigenvalue weighted by molar-refractivity contribution is -0.148. The van der Waals surface area contributed by atoms with E-state index >= 15 is 0 Å². The number of rotatable bonds is 4. The van der Waals surface area contributed by atoms with E-state index in [-0.39, 0.29) is 21.7 Å². The number of hydrogen-bond donors (Lipinski definition) is 0. The molecule has 0 spiro atoms. The monoisotopic (exact) mass is 877 g/mol. The highest BCUT2D eigenvalue weighted by molar-refractivity contribution is 5.59. The van der Waals surface area contributed by atoms with E-state index in [0.29, 0.717) is 12.8 Å². The third kappa shape index (κ3) is 9.06. The van der Waals surface area contributed by atoms with E-state index in [0.717, 1.165) is 89.8 Å². The lowest BCUT2D eigenvalue weighted by atomic mass is 9.78. The van der Waals surface area contributed by atoms with Gasteiger partial charge in [0.2, 0.25) is 0 Å². The first-order valence-corrected chi connectivity index (χ1v) is 23.1. The summed E-state index contributed by atoms with van der Waals surface area (Å²) in [5.41, 5.74) is 11.6. The average Bonchev–Trinajstić information content (AvgIpc) is 3.68. The molecule has 8 heteroatoms. The molecule has 0 unspecified atom stereocenters. The van der Waals surface area contributed by atoms with Crippen molar-refractivity contribution < 1.29 is 37.9 Å². The third-order valence-electron chi connectivity index (χ3n) is 13.2. The van der Waals surface area contributed by atoms with Crippen molar-refractivity contribution in [1.82, 2.24) is 0 Å². The third-order valence-corrected chi connectivity index (χ3v) is 13.2. The van der Waals surface area contributed by atoms with Crippen molar-refractivity contribution in [2.45, 2.75) is 181 Å². The largest absolute Gasteiger partial charge is 0.496 e. The fourth-order valence-corrected chi connectivity index (χ4v) is 9.79. The molecule has 348 valence electrons. The van der Waals surface area contributed by atoms with Crippen molar-refractivity contribution in [2.75, 3.05) is 28.4 Å². The summed E-state index contributed by atoms with van der Waals surface area (Å²) in [7, 11) is 7.05. The Morgan fingerprint density at radius 3 is 0.703 bits per heavy atom. The minimum absolute atomic E-state index is 0.206. The van der Waals surface area contributed by atoms with Gasteiger partial charge >= 0.3 is 0 Å². The van der Waals surface area contributed by atoms with Crippen LogP contribution in [0.1, 0.15) is 202 Å². The predicted octanol–water partition coefficient (Wildman–Crippen LogP) is 13.5.